The van der Waals surface area contributed by atoms with Gasteiger partial charge in [-0.1, -0.05) is 23.2 Å². The number of carbonyl (C=O) groups excluding carboxylic acids is 1. The van der Waals surface area contributed by atoms with Crippen molar-refractivity contribution in [3.05, 3.63) is 58.1 Å². The van der Waals surface area contributed by atoms with Gasteiger partial charge < -0.3 is 10.2 Å². The van der Waals surface area contributed by atoms with E-state index in [0.29, 0.717) is 17.3 Å². The maximum atomic E-state index is 12.6. The van der Waals surface area contributed by atoms with Gasteiger partial charge in [-0.3, -0.25) is 9.52 Å². The van der Waals surface area contributed by atoms with E-state index in [2.05, 4.69) is 10.0 Å². The fourth-order valence-corrected chi connectivity index (χ4v) is 3.68. The second-order valence-electron chi connectivity index (χ2n) is 6.17. The van der Waals surface area contributed by atoms with Crippen molar-refractivity contribution in [2.75, 3.05) is 31.9 Å². The van der Waals surface area contributed by atoms with Crippen molar-refractivity contribution in [3.63, 3.8) is 0 Å². The Morgan fingerprint density at radius 3 is 2.37 bits per heavy atom. The lowest BCUT2D eigenvalue weighted by atomic mass is 10.2. The van der Waals surface area contributed by atoms with Gasteiger partial charge in [0, 0.05) is 17.3 Å². The van der Waals surface area contributed by atoms with Crippen molar-refractivity contribution < 1.29 is 13.2 Å². The van der Waals surface area contributed by atoms with Crippen molar-refractivity contribution in [1.29, 1.82) is 0 Å². The fraction of sp³-hybridized carbons (Fsp3) is 0.278. The first-order chi connectivity index (χ1) is 12.7. The monoisotopic (exact) mass is 429 g/mol. The molecule has 0 spiro atoms. The van der Waals surface area contributed by atoms with Crippen LogP contribution in [0.4, 0.5) is 5.69 Å². The molecule has 0 saturated heterocycles. The Morgan fingerprint density at radius 1 is 1.07 bits per heavy atom. The molecule has 0 unspecified atom stereocenters. The quantitative estimate of drug-likeness (QED) is 0.629. The van der Waals surface area contributed by atoms with Gasteiger partial charge in [0.05, 0.1) is 15.5 Å². The smallest absolute Gasteiger partial charge is 0.261 e. The minimum absolute atomic E-state index is 0.0553. The normalized spacial score (nSPS) is 11.4. The van der Waals surface area contributed by atoms with E-state index in [1.165, 1.54) is 18.2 Å². The maximum Gasteiger partial charge on any atom is 0.261 e. The highest BCUT2D eigenvalue weighted by Crippen LogP contribution is 2.23. The molecule has 0 aliphatic rings. The van der Waals surface area contributed by atoms with Crippen LogP contribution in [-0.2, 0) is 10.0 Å². The van der Waals surface area contributed by atoms with Crippen LogP contribution < -0.4 is 10.0 Å². The maximum absolute atomic E-state index is 12.6. The van der Waals surface area contributed by atoms with Crippen LogP contribution in [0.15, 0.2) is 47.4 Å². The molecule has 2 aromatic carbocycles. The van der Waals surface area contributed by atoms with Crippen LogP contribution in [0, 0.1) is 0 Å². The minimum atomic E-state index is -3.87. The topological polar surface area (TPSA) is 78.5 Å². The molecule has 0 fully saturated rings. The van der Waals surface area contributed by atoms with Gasteiger partial charge in [-0.2, -0.15) is 0 Å². The van der Waals surface area contributed by atoms with Crippen molar-refractivity contribution >= 4 is 44.8 Å². The van der Waals surface area contributed by atoms with E-state index in [-0.39, 0.29) is 15.5 Å². The predicted octanol–water partition coefficient (Wildman–Crippen LogP) is 3.48. The summed E-state index contributed by atoms with van der Waals surface area (Å²) in [6.07, 6.45) is 0.770. The lowest BCUT2D eigenvalue weighted by Gasteiger charge is -2.12. The van der Waals surface area contributed by atoms with Gasteiger partial charge in [-0.15, -0.1) is 0 Å². The summed E-state index contributed by atoms with van der Waals surface area (Å²) < 4.78 is 27.6. The van der Waals surface area contributed by atoms with Gasteiger partial charge in [-0.05, 0) is 69.5 Å². The number of rotatable bonds is 8. The van der Waals surface area contributed by atoms with E-state index in [4.69, 9.17) is 23.2 Å². The second-order valence-corrected chi connectivity index (χ2v) is 8.69. The summed E-state index contributed by atoms with van der Waals surface area (Å²) in [6.45, 7) is 1.29. The molecule has 146 valence electrons. The molecule has 0 saturated carbocycles. The Morgan fingerprint density at radius 2 is 1.74 bits per heavy atom. The molecule has 2 aromatic rings. The molecule has 2 rings (SSSR count). The Bertz CT molecular complexity index is 901. The molecular weight excluding hydrogens is 409 g/mol. The number of anilines is 1. The van der Waals surface area contributed by atoms with Crippen LogP contribution >= 0.6 is 23.2 Å². The second kappa shape index (κ2) is 9.41. The van der Waals surface area contributed by atoms with Crippen LogP contribution in [0.5, 0.6) is 0 Å². The number of sulfonamides is 1. The number of hydrogen-bond donors (Lipinski definition) is 2. The molecule has 0 radical (unpaired) electrons. The number of amides is 1. The lowest BCUT2D eigenvalue weighted by Crippen LogP contribution is -2.27. The standard InChI is InChI=1S/C18H21Cl2N3O3S/c1-23(2)11-3-10-21-18(24)16-12-15(8-9-17(16)20)27(25,26)22-14-6-4-13(19)5-7-14/h4-9,12,22H,3,10-11H2,1-2H3,(H,21,24). The molecule has 0 aliphatic carbocycles. The zero-order valence-electron chi connectivity index (χ0n) is 15.0. The number of nitrogens with one attached hydrogen (secondary N) is 2. The van der Waals surface area contributed by atoms with Gasteiger partial charge in [0.2, 0.25) is 0 Å². The number of halogens is 2. The van der Waals surface area contributed by atoms with Crippen LogP contribution in [0.25, 0.3) is 0 Å². The molecule has 6 nitrogen and oxygen atoms in total. The Balaban J connectivity index is 2.15. The SMILES string of the molecule is CN(C)CCCNC(=O)c1cc(S(=O)(=O)Nc2ccc(Cl)cc2)ccc1Cl. The highest BCUT2D eigenvalue weighted by molar-refractivity contribution is 7.92. The van der Waals surface area contributed by atoms with Crippen LogP contribution in [0.1, 0.15) is 16.8 Å². The zero-order valence-corrected chi connectivity index (χ0v) is 17.3. The summed E-state index contributed by atoms with van der Waals surface area (Å²) in [4.78, 5) is 14.3. The summed E-state index contributed by atoms with van der Waals surface area (Å²) in [5.41, 5.74) is 0.476. The van der Waals surface area contributed by atoms with Crippen molar-refractivity contribution in [1.82, 2.24) is 10.2 Å². The van der Waals surface area contributed by atoms with Gasteiger partial charge in [0.1, 0.15) is 0 Å². The van der Waals surface area contributed by atoms with Crippen molar-refractivity contribution in [2.45, 2.75) is 11.3 Å². The third-order valence-corrected chi connectivity index (χ3v) is 5.62. The van der Waals surface area contributed by atoms with Crippen LogP contribution in [-0.4, -0.2) is 46.4 Å². The Labute approximate surface area is 169 Å². The number of nitrogens with zero attached hydrogens (tertiary/aromatic N) is 1. The zero-order chi connectivity index (χ0) is 20.0. The van der Waals surface area contributed by atoms with Gasteiger partial charge >= 0.3 is 0 Å². The van der Waals surface area contributed by atoms with E-state index >= 15 is 0 Å². The average Bonchev–Trinajstić information content (AvgIpc) is 2.60. The number of benzene rings is 2. The number of hydrogen-bond acceptors (Lipinski definition) is 4. The van der Waals surface area contributed by atoms with E-state index in [9.17, 15) is 13.2 Å². The molecule has 1 amide bonds. The van der Waals surface area contributed by atoms with E-state index in [1.807, 2.05) is 19.0 Å². The van der Waals surface area contributed by atoms with Gasteiger partial charge in [0.25, 0.3) is 15.9 Å². The molecule has 0 bridgehead atoms. The third-order valence-electron chi connectivity index (χ3n) is 3.66. The molecular formula is C18H21Cl2N3O3S. The largest absolute Gasteiger partial charge is 0.352 e. The Hall–Kier alpha value is -1.80. The first kappa shape index (κ1) is 21.5. The van der Waals surface area contributed by atoms with E-state index in [1.54, 1.807) is 24.3 Å². The van der Waals surface area contributed by atoms with E-state index < -0.39 is 15.9 Å². The first-order valence-electron chi connectivity index (χ1n) is 8.20. The summed E-state index contributed by atoms with van der Waals surface area (Å²) in [7, 11) is 0.0165. The third kappa shape index (κ3) is 6.39. The first-order valence-corrected chi connectivity index (χ1v) is 10.4. The summed E-state index contributed by atoms with van der Waals surface area (Å²) in [6, 6.07) is 10.3. The molecule has 0 aliphatic heterocycles. The molecule has 0 aromatic heterocycles. The highest BCUT2D eigenvalue weighted by atomic mass is 35.5. The van der Waals surface area contributed by atoms with Crippen LogP contribution in [0.2, 0.25) is 10.0 Å². The molecule has 0 heterocycles. The van der Waals surface area contributed by atoms with Gasteiger partial charge in [0.15, 0.2) is 0 Å². The fourth-order valence-electron chi connectivity index (χ4n) is 2.27. The predicted molar refractivity (Wildman–Crippen MR) is 109 cm³/mol. The molecule has 27 heavy (non-hydrogen) atoms. The summed E-state index contributed by atoms with van der Waals surface area (Å²) >= 11 is 11.9. The molecule has 2 N–H and O–H groups in total. The van der Waals surface area contributed by atoms with Crippen molar-refractivity contribution in [2.24, 2.45) is 0 Å². The number of carbonyl (C=O) groups is 1. The summed E-state index contributed by atoms with van der Waals surface area (Å²) in [5, 5.41) is 3.43. The van der Waals surface area contributed by atoms with E-state index in [0.717, 1.165) is 13.0 Å². The molecule has 9 heteroatoms. The lowest BCUT2D eigenvalue weighted by molar-refractivity contribution is 0.0952. The molecule has 0 atom stereocenters. The highest BCUT2D eigenvalue weighted by Gasteiger charge is 2.19. The minimum Gasteiger partial charge on any atom is -0.352 e. The van der Waals surface area contributed by atoms with Crippen molar-refractivity contribution in [3.8, 4) is 0 Å². The Kier molecular flexibility index (Phi) is 7.49. The summed E-state index contributed by atoms with van der Waals surface area (Å²) in [5.74, 6) is -0.415. The van der Waals surface area contributed by atoms with Crippen LogP contribution in [0.3, 0.4) is 0 Å². The average molecular weight is 430 g/mol. The van der Waals surface area contributed by atoms with Gasteiger partial charge in [-0.25, -0.2) is 8.42 Å².